The van der Waals surface area contributed by atoms with Gasteiger partial charge in [-0.05, 0) is 11.4 Å². The minimum atomic E-state index is 0.323. The van der Waals surface area contributed by atoms with Gasteiger partial charge in [0, 0.05) is 10.6 Å². The van der Waals surface area contributed by atoms with Crippen LogP contribution < -0.4 is 5.73 Å². The summed E-state index contributed by atoms with van der Waals surface area (Å²) in [5, 5.41) is 1.86. The Morgan fingerprint density at radius 2 is 2.56 bits per heavy atom. The first-order chi connectivity index (χ1) is 4.34. The van der Waals surface area contributed by atoms with Crippen molar-refractivity contribution in [3.8, 4) is 0 Å². The second-order valence-corrected chi connectivity index (χ2v) is 2.62. The first kappa shape index (κ1) is 6.29. The highest BCUT2D eigenvalue weighted by Crippen LogP contribution is 2.17. The molecule has 0 aliphatic rings. The van der Waals surface area contributed by atoms with Crippen LogP contribution in [-0.4, -0.2) is 6.29 Å². The molecule has 0 bridgehead atoms. The van der Waals surface area contributed by atoms with Gasteiger partial charge < -0.3 is 10.5 Å². The maximum atomic E-state index is 9.85. The topological polar surface area (TPSA) is 43.1 Å². The maximum absolute atomic E-state index is 9.85. The van der Waals surface area contributed by atoms with E-state index in [9.17, 15) is 4.79 Å². The number of nitrogen functional groups attached to an aromatic ring is 1. The van der Waals surface area contributed by atoms with Crippen molar-refractivity contribution >= 4 is 23.3 Å². The van der Waals surface area contributed by atoms with Crippen LogP contribution in [0.5, 0.6) is 0 Å². The zero-order valence-electron chi connectivity index (χ0n) is 4.76. The summed E-state index contributed by atoms with van der Waals surface area (Å²) in [6.07, 6.45) is 2.11. The zero-order chi connectivity index (χ0) is 6.69. The number of hydrogen-bond acceptors (Lipinski definition) is 3. The fourth-order valence-electron chi connectivity index (χ4n) is 0.560. The second-order valence-electron chi connectivity index (χ2n) is 1.62. The molecule has 3 heteroatoms. The van der Waals surface area contributed by atoms with Crippen molar-refractivity contribution in [1.29, 1.82) is 0 Å². The zero-order valence-corrected chi connectivity index (χ0v) is 5.57. The lowest BCUT2D eigenvalue weighted by Crippen LogP contribution is -1.87. The molecule has 0 spiro atoms. The van der Waals surface area contributed by atoms with Gasteiger partial charge in [-0.25, -0.2) is 0 Å². The van der Waals surface area contributed by atoms with Crippen molar-refractivity contribution < 1.29 is 4.79 Å². The Labute approximate surface area is 57.3 Å². The summed E-state index contributed by atoms with van der Waals surface area (Å²) in [5.74, 6) is 0. The third-order valence-electron chi connectivity index (χ3n) is 1.01. The van der Waals surface area contributed by atoms with Gasteiger partial charge in [-0.15, -0.1) is 17.8 Å². The van der Waals surface area contributed by atoms with Crippen LogP contribution in [-0.2, 0) is 11.2 Å². The highest BCUT2D eigenvalue weighted by atomic mass is 32.1. The smallest absolute Gasteiger partial charge is 0.0430 e. The molecule has 1 aromatic heterocycles. The summed E-state index contributed by atoms with van der Waals surface area (Å²) >= 11 is 1.49. The van der Waals surface area contributed by atoms with Crippen LogP contribution in [0.2, 0.25) is 0 Å². The summed E-state index contributed by atoms with van der Waals surface area (Å²) in [4.78, 5) is 10.8. The lowest BCUT2D eigenvalue weighted by molar-refractivity contribution is 0.555. The van der Waals surface area contributed by atoms with Crippen molar-refractivity contribution in [3.05, 3.63) is 16.3 Å². The Balaban J connectivity index is 2.80. The van der Waals surface area contributed by atoms with E-state index in [-0.39, 0.29) is 0 Å². The molecule has 9 heavy (non-hydrogen) atoms. The normalized spacial score (nSPS) is 9.33. The van der Waals surface area contributed by atoms with Gasteiger partial charge in [-0.3, -0.25) is 6.29 Å². The van der Waals surface area contributed by atoms with Crippen LogP contribution in [0, 0.1) is 0 Å². The Morgan fingerprint density at radius 3 is 3.00 bits per heavy atom. The standard InChI is InChI=1S/C6H6NOS/c7-5-2-4-9-6(5)1-3-8/h2,4H,1,7H2/q-1. The van der Waals surface area contributed by atoms with Crippen LogP contribution in [0.15, 0.2) is 11.4 Å². The van der Waals surface area contributed by atoms with E-state index in [0.29, 0.717) is 12.1 Å². The number of thiophene rings is 1. The van der Waals surface area contributed by atoms with E-state index >= 15 is 0 Å². The van der Waals surface area contributed by atoms with E-state index in [2.05, 4.69) is 0 Å². The molecule has 0 saturated heterocycles. The summed E-state index contributed by atoms with van der Waals surface area (Å²) in [6.45, 7) is 0. The largest absolute Gasteiger partial charge is 0.541 e. The Bertz CT molecular complexity index is 207. The van der Waals surface area contributed by atoms with Gasteiger partial charge in [0.15, 0.2) is 0 Å². The van der Waals surface area contributed by atoms with Crippen LogP contribution >= 0.6 is 11.3 Å². The van der Waals surface area contributed by atoms with Crippen LogP contribution in [0.4, 0.5) is 5.69 Å². The van der Waals surface area contributed by atoms with E-state index in [1.54, 1.807) is 12.4 Å². The van der Waals surface area contributed by atoms with Crippen molar-refractivity contribution in [2.75, 3.05) is 5.73 Å². The molecule has 0 aliphatic carbocycles. The molecule has 1 aromatic rings. The van der Waals surface area contributed by atoms with E-state index in [4.69, 9.17) is 5.73 Å². The van der Waals surface area contributed by atoms with Gasteiger partial charge in [0.1, 0.15) is 0 Å². The molecule has 0 aliphatic heterocycles. The Hall–Kier alpha value is -0.830. The van der Waals surface area contributed by atoms with E-state index in [1.165, 1.54) is 11.3 Å². The maximum Gasteiger partial charge on any atom is 0.0430 e. The molecule has 1 rings (SSSR count). The van der Waals surface area contributed by atoms with Crippen LogP contribution in [0.25, 0.3) is 0 Å². The summed E-state index contributed by atoms with van der Waals surface area (Å²) in [6, 6.07) is 1.79. The summed E-state index contributed by atoms with van der Waals surface area (Å²) < 4.78 is 0. The molecule has 0 aromatic carbocycles. The van der Waals surface area contributed by atoms with Crippen molar-refractivity contribution in [3.63, 3.8) is 0 Å². The number of carbonyl (C=O) groups excluding carboxylic acids is 1. The lowest BCUT2D eigenvalue weighted by atomic mass is 10.3. The third-order valence-corrected chi connectivity index (χ3v) is 1.95. The first-order valence-electron chi connectivity index (χ1n) is 2.51. The molecule has 0 fully saturated rings. The third kappa shape index (κ3) is 1.29. The van der Waals surface area contributed by atoms with Crippen LogP contribution in [0.1, 0.15) is 4.88 Å². The van der Waals surface area contributed by atoms with E-state index in [0.717, 1.165) is 4.88 Å². The molecular weight excluding hydrogens is 134 g/mol. The predicted octanol–water partition coefficient (Wildman–Crippen LogP) is 0.983. The number of hydrogen-bond donors (Lipinski definition) is 1. The predicted molar refractivity (Wildman–Crippen MR) is 38.1 cm³/mol. The van der Waals surface area contributed by atoms with Gasteiger partial charge in [0.2, 0.25) is 0 Å². The molecule has 0 saturated carbocycles. The van der Waals surface area contributed by atoms with Crippen molar-refractivity contribution in [2.24, 2.45) is 0 Å². The minimum Gasteiger partial charge on any atom is -0.541 e. The van der Waals surface area contributed by atoms with Crippen molar-refractivity contribution in [1.82, 2.24) is 0 Å². The van der Waals surface area contributed by atoms with Gasteiger partial charge >= 0.3 is 0 Å². The van der Waals surface area contributed by atoms with E-state index in [1.807, 2.05) is 5.38 Å². The van der Waals surface area contributed by atoms with Crippen molar-refractivity contribution in [2.45, 2.75) is 6.42 Å². The molecule has 2 N–H and O–H groups in total. The minimum absolute atomic E-state index is 0.323. The average molecular weight is 140 g/mol. The second kappa shape index (κ2) is 2.64. The fraction of sp³-hybridized carbons (Fsp3) is 0.167. The summed E-state index contributed by atoms with van der Waals surface area (Å²) in [5.41, 5.74) is 6.16. The Morgan fingerprint density at radius 1 is 1.78 bits per heavy atom. The van der Waals surface area contributed by atoms with E-state index < -0.39 is 0 Å². The number of anilines is 1. The SMILES string of the molecule is Nc1ccsc1C[C-]=O. The molecular formula is C6H6NOS-. The lowest BCUT2D eigenvalue weighted by Gasteiger charge is -1.95. The number of nitrogens with two attached hydrogens (primary N) is 1. The van der Waals surface area contributed by atoms with Gasteiger partial charge in [0.25, 0.3) is 0 Å². The molecule has 0 radical (unpaired) electrons. The first-order valence-corrected chi connectivity index (χ1v) is 3.39. The highest BCUT2D eigenvalue weighted by molar-refractivity contribution is 7.10. The molecule has 1 heterocycles. The number of rotatable bonds is 2. The fourth-order valence-corrected chi connectivity index (χ4v) is 1.29. The monoisotopic (exact) mass is 140 g/mol. The van der Waals surface area contributed by atoms with Crippen LogP contribution in [0.3, 0.4) is 0 Å². The van der Waals surface area contributed by atoms with Gasteiger partial charge in [-0.2, -0.15) is 0 Å². The summed E-state index contributed by atoms with van der Waals surface area (Å²) in [7, 11) is 0. The quantitative estimate of drug-likeness (QED) is 0.622. The molecule has 48 valence electrons. The molecule has 0 unspecified atom stereocenters. The van der Waals surface area contributed by atoms with Gasteiger partial charge in [0.05, 0.1) is 0 Å². The molecule has 0 atom stereocenters. The average Bonchev–Trinajstić information content (AvgIpc) is 2.18. The molecule has 2 nitrogen and oxygen atoms in total. The Kier molecular flexibility index (Phi) is 1.85. The highest BCUT2D eigenvalue weighted by Gasteiger charge is 1.91. The van der Waals surface area contributed by atoms with Gasteiger partial charge in [-0.1, -0.05) is 0 Å². The molecule has 0 amide bonds.